The third-order valence-electron chi connectivity index (χ3n) is 9.81. The zero-order valence-corrected chi connectivity index (χ0v) is 40.0. The van der Waals surface area contributed by atoms with E-state index < -0.39 is 69.9 Å². The summed E-state index contributed by atoms with van der Waals surface area (Å²) in [5, 5.41) is 28.9. The fourth-order valence-electron chi connectivity index (χ4n) is 6.02. The van der Waals surface area contributed by atoms with Gasteiger partial charge in [0.2, 0.25) is 0 Å². The van der Waals surface area contributed by atoms with Gasteiger partial charge in [0.25, 0.3) is 0 Å². The third-order valence-corrected chi connectivity index (χ3v) is 10.8. The fourth-order valence-corrected chi connectivity index (χ4v) is 6.80. The molecule has 0 aromatic rings. The molecule has 0 saturated heterocycles. The Morgan fingerprint density at radius 1 is 0.578 bits per heavy atom. The molecule has 0 radical (unpaired) electrons. The predicted molar refractivity (Wildman–Crippen MR) is 256 cm³/mol. The summed E-state index contributed by atoms with van der Waals surface area (Å²) in [5.74, 6) is -2.58. The molecule has 0 fully saturated rings. The van der Waals surface area contributed by atoms with E-state index in [1.54, 1.807) is 42.5 Å². The standard InChI is InChI=1S/C50H84NO12P/c1-3-5-7-8-9-10-11-12-13-14-15-16-17-18-19-20-21-25-33-39-48(54)60-41-46(42-61-64(58,59)62-43-47(51)50(56)57)63-49(55)40-34-26-23-22-24-30-36-45(53)38-32-28-27-31-37-44(52)35-29-6-4-2/h6,12-13,23-24,26-32,37-38,44-47,52-53H,3-5,7-11,14-22,25,33-36,39-43,51H2,1-2H3,(H,56,57)(H,58,59)/b13-12-,26-23-,28-27-,29-6-,30-24-,37-31+,38-32+/t44-,45+,46+,47-/m0/s1. The van der Waals surface area contributed by atoms with Crippen LogP contribution in [0.1, 0.15) is 168 Å². The van der Waals surface area contributed by atoms with E-state index in [9.17, 15) is 34.1 Å². The Labute approximate surface area is 385 Å². The summed E-state index contributed by atoms with van der Waals surface area (Å²) in [6.07, 6.45) is 47.2. The Hall–Kier alpha value is -3.42. The summed E-state index contributed by atoms with van der Waals surface area (Å²) < 4.78 is 32.6. The largest absolute Gasteiger partial charge is 0.480 e. The molecular formula is C50H84NO12P. The number of aliphatic hydroxyl groups excluding tert-OH is 2. The van der Waals surface area contributed by atoms with Crippen molar-refractivity contribution in [3.05, 3.63) is 85.1 Å². The number of phosphoric acid groups is 1. The minimum atomic E-state index is -4.77. The Morgan fingerprint density at radius 3 is 1.64 bits per heavy atom. The van der Waals surface area contributed by atoms with Crippen LogP contribution in [0, 0.1) is 0 Å². The average molecular weight is 922 g/mol. The van der Waals surface area contributed by atoms with Gasteiger partial charge in [-0.25, -0.2) is 4.57 Å². The lowest BCUT2D eigenvalue weighted by atomic mass is 10.1. The lowest BCUT2D eigenvalue weighted by molar-refractivity contribution is -0.161. The van der Waals surface area contributed by atoms with Crippen LogP contribution in [0.2, 0.25) is 0 Å². The van der Waals surface area contributed by atoms with Crippen molar-refractivity contribution in [3.8, 4) is 0 Å². The molecule has 0 spiro atoms. The van der Waals surface area contributed by atoms with Crippen LogP contribution in [0.4, 0.5) is 0 Å². The van der Waals surface area contributed by atoms with Crippen molar-refractivity contribution >= 4 is 25.7 Å². The molecule has 5 atom stereocenters. The molecule has 0 rings (SSSR count). The number of nitrogens with two attached hydrogens (primary N) is 1. The highest BCUT2D eigenvalue weighted by molar-refractivity contribution is 7.47. The number of carbonyl (C=O) groups is 3. The lowest BCUT2D eigenvalue weighted by Crippen LogP contribution is -2.34. The first kappa shape index (κ1) is 60.6. The van der Waals surface area contributed by atoms with Gasteiger partial charge in [-0.15, -0.1) is 0 Å². The van der Waals surface area contributed by atoms with Gasteiger partial charge in [0.05, 0.1) is 25.4 Å². The SMILES string of the molecule is CC/C=C\C[C@H](O)/C=C/C=C\C=C\[C@H](O)C/C=C\C/C=C\CCC(=O)O[C@H](COC(=O)CCCCCCCCCCC/C=C\CCCCCCCC)COP(=O)(O)OC[C@H](N)C(=O)O. The molecule has 0 bridgehead atoms. The molecular weight excluding hydrogens is 838 g/mol. The Morgan fingerprint density at radius 2 is 1.08 bits per heavy atom. The lowest BCUT2D eigenvalue weighted by Gasteiger charge is -2.20. The van der Waals surface area contributed by atoms with Gasteiger partial charge in [-0.3, -0.25) is 23.4 Å². The summed E-state index contributed by atoms with van der Waals surface area (Å²) in [7, 11) is -4.77. The molecule has 0 aromatic heterocycles. The molecule has 13 nitrogen and oxygen atoms in total. The van der Waals surface area contributed by atoms with E-state index in [1.807, 2.05) is 37.3 Å². The topological polar surface area (TPSA) is 212 Å². The zero-order valence-electron chi connectivity index (χ0n) is 39.1. The molecule has 0 aliphatic carbocycles. The number of hydrogen-bond acceptors (Lipinski definition) is 11. The third kappa shape index (κ3) is 42.5. The highest BCUT2D eigenvalue weighted by Crippen LogP contribution is 2.43. The van der Waals surface area contributed by atoms with Crippen LogP contribution in [0.3, 0.4) is 0 Å². The number of esters is 2. The molecule has 14 heteroatoms. The average Bonchev–Trinajstić information content (AvgIpc) is 3.26. The van der Waals surface area contributed by atoms with Crippen molar-refractivity contribution in [1.82, 2.24) is 0 Å². The van der Waals surface area contributed by atoms with E-state index in [1.165, 1.54) is 77.0 Å². The van der Waals surface area contributed by atoms with Crippen LogP contribution in [0.25, 0.3) is 0 Å². The second kappa shape index (κ2) is 43.5. The van der Waals surface area contributed by atoms with Gasteiger partial charge in [-0.1, -0.05) is 176 Å². The smallest absolute Gasteiger partial charge is 0.472 e. The first-order chi connectivity index (χ1) is 30.9. The highest BCUT2D eigenvalue weighted by Gasteiger charge is 2.28. The molecule has 64 heavy (non-hydrogen) atoms. The van der Waals surface area contributed by atoms with Crippen LogP contribution in [0.5, 0.6) is 0 Å². The van der Waals surface area contributed by atoms with Crippen LogP contribution in [0.15, 0.2) is 85.1 Å². The van der Waals surface area contributed by atoms with Crippen LogP contribution in [-0.4, -0.2) is 82.3 Å². The van der Waals surface area contributed by atoms with Crippen LogP contribution >= 0.6 is 7.82 Å². The van der Waals surface area contributed by atoms with E-state index in [0.717, 1.165) is 32.1 Å². The Balaban J connectivity index is 4.54. The number of unbranched alkanes of at least 4 members (excludes halogenated alkanes) is 15. The minimum absolute atomic E-state index is 0.0246. The van der Waals surface area contributed by atoms with E-state index in [2.05, 4.69) is 23.6 Å². The number of carboxylic acids is 1. The van der Waals surface area contributed by atoms with Gasteiger partial charge >= 0.3 is 25.7 Å². The van der Waals surface area contributed by atoms with Gasteiger partial charge < -0.3 is 35.4 Å². The van der Waals surface area contributed by atoms with Gasteiger partial charge in [0.1, 0.15) is 12.6 Å². The molecule has 0 heterocycles. The Kier molecular flexibility index (Phi) is 41.1. The summed E-state index contributed by atoms with van der Waals surface area (Å²) in [6.45, 7) is 2.43. The quantitative estimate of drug-likeness (QED) is 0.0127. The summed E-state index contributed by atoms with van der Waals surface area (Å²) in [5.41, 5.74) is 5.33. The number of allylic oxidation sites excluding steroid dienone is 10. The molecule has 0 aliphatic rings. The van der Waals surface area contributed by atoms with Gasteiger partial charge in [-0.05, 0) is 64.2 Å². The van der Waals surface area contributed by atoms with Crippen LogP contribution in [-0.2, 0) is 37.5 Å². The van der Waals surface area contributed by atoms with Crippen molar-refractivity contribution < 1.29 is 57.7 Å². The second-order valence-electron chi connectivity index (χ2n) is 15.9. The zero-order chi connectivity index (χ0) is 47.4. The molecule has 366 valence electrons. The first-order valence-corrected chi connectivity index (χ1v) is 25.3. The monoisotopic (exact) mass is 922 g/mol. The minimum Gasteiger partial charge on any atom is -0.480 e. The summed E-state index contributed by atoms with van der Waals surface area (Å²) >= 11 is 0. The van der Waals surface area contributed by atoms with E-state index in [-0.39, 0.29) is 12.8 Å². The van der Waals surface area contributed by atoms with Crippen molar-refractivity contribution in [2.75, 3.05) is 19.8 Å². The van der Waals surface area contributed by atoms with Gasteiger partial charge in [-0.2, -0.15) is 0 Å². The number of ether oxygens (including phenoxy) is 2. The summed E-state index contributed by atoms with van der Waals surface area (Å²) in [4.78, 5) is 46.1. The maximum absolute atomic E-state index is 12.6. The van der Waals surface area contributed by atoms with Crippen molar-refractivity contribution in [1.29, 1.82) is 0 Å². The normalized spacial score (nSPS) is 15.3. The second-order valence-corrected chi connectivity index (χ2v) is 17.4. The van der Waals surface area contributed by atoms with Gasteiger partial charge in [0, 0.05) is 12.8 Å². The highest BCUT2D eigenvalue weighted by atomic mass is 31.2. The maximum atomic E-state index is 12.6. The Bertz CT molecular complexity index is 1440. The molecule has 0 amide bonds. The number of aliphatic hydroxyl groups is 2. The molecule has 0 aliphatic heterocycles. The molecule has 6 N–H and O–H groups in total. The van der Waals surface area contributed by atoms with E-state index in [0.29, 0.717) is 32.1 Å². The van der Waals surface area contributed by atoms with Crippen LogP contribution < -0.4 is 5.73 Å². The maximum Gasteiger partial charge on any atom is 0.472 e. The first-order valence-electron chi connectivity index (χ1n) is 23.8. The molecule has 1 unspecified atom stereocenters. The van der Waals surface area contributed by atoms with Crippen molar-refractivity contribution in [2.24, 2.45) is 5.73 Å². The predicted octanol–water partition coefficient (Wildman–Crippen LogP) is 11.0. The number of aliphatic carboxylic acids is 1. The van der Waals surface area contributed by atoms with Crippen molar-refractivity contribution in [3.63, 3.8) is 0 Å². The molecule has 0 saturated carbocycles. The van der Waals surface area contributed by atoms with E-state index in [4.69, 9.17) is 24.8 Å². The molecule has 0 aromatic carbocycles. The number of phosphoric ester groups is 1. The number of hydrogen-bond donors (Lipinski definition) is 5. The van der Waals surface area contributed by atoms with Gasteiger partial charge in [0.15, 0.2) is 6.10 Å². The summed E-state index contributed by atoms with van der Waals surface area (Å²) in [6, 6.07) is -1.56. The van der Waals surface area contributed by atoms with Crippen molar-refractivity contribution in [2.45, 2.75) is 192 Å². The number of carboxylic acid groups (broad SMARTS) is 1. The van der Waals surface area contributed by atoms with E-state index >= 15 is 0 Å². The fraction of sp³-hybridized carbons (Fsp3) is 0.660. The number of carbonyl (C=O) groups excluding carboxylic acids is 2. The number of rotatable bonds is 43.